The molecule has 76 heavy (non-hydrogen) atoms. The molecule has 6 rings (SSSR count). The average molecular weight is 1070 g/mol. The first-order chi connectivity index (χ1) is 34.4. The van der Waals surface area contributed by atoms with Gasteiger partial charge < -0.3 is 18.1 Å². The molecule has 6 aromatic rings. The molecule has 0 unspecified atom stereocenters. The van der Waals surface area contributed by atoms with Gasteiger partial charge in [0.2, 0.25) is 0 Å². The van der Waals surface area contributed by atoms with E-state index < -0.39 is 36.9 Å². The minimum Gasteiger partial charge on any atom is -0.412 e. The Morgan fingerprint density at radius 1 is 0.289 bits per heavy atom. The number of hydrogen-bond acceptors (Lipinski definition) is 6. The summed E-state index contributed by atoms with van der Waals surface area (Å²) in [6, 6.07) is 39.6. The number of rotatable bonds is 11. The molecule has 6 aromatic carbocycles. The summed E-state index contributed by atoms with van der Waals surface area (Å²) in [6.45, 7) is 51.7. The van der Waals surface area contributed by atoms with Crippen LogP contribution in [0, 0.1) is 0 Å². The van der Waals surface area contributed by atoms with Crippen molar-refractivity contribution in [3.63, 3.8) is 0 Å². The van der Waals surface area contributed by atoms with Crippen molar-refractivity contribution >= 4 is 25.8 Å². The Morgan fingerprint density at radius 3 is 0.829 bits per heavy atom. The highest BCUT2D eigenvalue weighted by Gasteiger charge is 2.48. The second kappa shape index (κ2) is 20.7. The van der Waals surface area contributed by atoms with Crippen LogP contribution >= 0.6 is 15.2 Å². The van der Waals surface area contributed by atoms with Crippen LogP contribution in [-0.4, -0.2) is 0 Å². The first kappa shape index (κ1) is 60.2. The van der Waals surface area contributed by atoms with Crippen molar-refractivity contribution in [3.8, 4) is 34.1 Å². The van der Waals surface area contributed by atoms with Crippen molar-refractivity contribution in [2.24, 2.45) is 0 Å². The molecular formula is C68H92O6P2. The van der Waals surface area contributed by atoms with Gasteiger partial charge in [0, 0.05) is 27.8 Å². The van der Waals surface area contributed by atoms with Gasteiger partial charge in [-0.1, -0.05) is 257 Å². The molecule has 8 heteroatoms. The van der Waals surface area contributed by atoms with Crippen molar-refractivity contribution in [1.82, 2.24) is 0 Å². The Hall–Kier alpha value is -5.02. The molecule has 0 spiro atoms. The van der Waals surface area contributed by atoms with Crippen molar-refractivity contribution in [3.05, 3.63) is 166 Å². The monoisotopic (exact) mass is 1070 g/mol. The maximum atomic E-state index is 17.7. The zero-order valence-corrected chi connectivity index (χ0v) is 52.7. The van der Waals surface area contributed by atoms with E-state index in [1.54, 1.807) is 6.07 Å². The SMILES string of the molecule is CC(C)(C)c1ccc(OP(=O)(Oc2ccc(C(C)(C)C)cc2C(C)(C)C)c2cccc(-c3ccccc3)c2P(=O)(Oc2ccc(C(C)(C)C)cc2C(C)(C)C)Oc2ccc(C(C)(C)C)cc2C(C)(C)C)c(C(C)(C)C)c1. The van der Waals surface area contributed by atoms with Gasteiger partial charge in [-0.05, 0) is 101 Å². The van der Waals surface area contributed by atoms with E-state index in [0.717, 1.165) is 44.5 Å². The van der Waals surface area contributed by atoms with Gasteiger partial charge in [0.15, 0.2) is 0 Å². The minimum atomic E-state index is -4.85. The Kier molecular flexibility index (Phi) is 16.4. The molecule has 0 saturated carbocycles. The molecule has 0 aliphatic heterocycles. The summed E-state index contributed by atoms with van der Waals surface area (Å²) in [5.41, 5.74) is 6.36. The summed E-state index contributed by atoms with van der Waals surface area (Å²) in [7, 11) is -9.64. The highest BCUT2D eigenvalue weighted by atomic mass is 31.2. The largest absolute Gasteiger partial charge is 0.464 e. The molecular weight excluding hydrogens is 975 g/mol. The minimum absolute atomic E-state index is 0.0592. The molecule has 0 heterocycles. The summed E-state index contributed by atoms with van der Waals surface area (Å²) >= 11 is 0. The van der Waals surface area contributed by atoms with Crippen molar-refractivity contribution in [1.29, 1.82) is 0 Å². The van der Waals surface area contributed by atoms with Gasteiger partial charge in [-0.3, -0.25) is 0 Å². The van der Waals surface area contributed by atoms with Crippen LogP contribution in [0.4, 0.5) is 0 Å². The molecule has 0 atom stereocenters. The van der Waals surface area contributed by atoms with E-state index in [2.05, 4.69) is 190 Å². The fourth-order valence-electron chi connectivity index (χ4n) is 9.28. The standard InChI is InChI=1S/C68H92O6P2/c1-61(2,3)46-33-37-55(51(41-46)65(13,14)15)71-75(69,72-56-38-34-47(62(4,5)6)42-52(56)66(16,17)18)59-32-28-31-50(45-29-26-25-27-30-45)60(59)76(70,73-57-39-35-48(63(7,8)9)43-53(57)67(19,20)21)74-58-40-36-49(64(10,11)12)44-54(58)68(22,23)24/h25-44H,1-24H3. The fraction of sp³-hybridized carbons (Fsp3) is 0.471. The second-order valence-corrected chi connectivity index (χ2v) is 32.9. The third-order valence-corrected chi connectivity index (χ3v) is 18.1. The van der Waals surface area contributed by atoms with Gasteiger partial charge in [0.1, 0.15) is 33.6 Å². The fourth-order valence-corrected chi connectivity index (χ4v) is 13.6. The van der Waals surface area contributed by atoms with E-state index in [4.69, 9.17) is 18.1 Å². The van der Waals surface area contributed by atoms with Crippen molar-refractivity contribution in [2.75, 3.05) is 0 Å². The molecule has 0 aliphatic carbocycles. The Bertz CT molecular complexity index is 3000. The maximum absolute atomic E-state index is 17.7. The summed E-state index contributed by atoms with van der Waals surface area (Å²) in [6.07, 6.45) is 0. The Morgan fingerprint density at radius 2 is 0.566 bits per heavy atom. The van der Waals surface area contributed by atoms with Gasteiger partial charge in [0.25, 0.3) is 0 Å². The summed E-state index contributed by atoms with van der Waals surface area (Å²) in [4.78, 5) is 0. The van der Waals surface area contributed by atoms with E-state index in [1.807, 2.05) is 91.0 Å². The zero-order valence-electron chi connectivity index (χ0n) is 50.9. The quantitative estimate of drug-likeness (QED) is 0.120. The Balaban J connectivity index is 1.84. The van der Waals surface area contributed by atoms with Crippen molar-refractivity contribution < 1.29 is 27.2 Å². The number of benzene rings is 6. The summed E-state index contributed by atoms with van der Waals surface area (Å²) in [5, 5.41) is 0.139. The molecule has 0 fully saturated rings. The smallest absolute Gasteiger partial charge is 0.412 e. The topological polar surface area (TPSA) is 71.1 Å². The first-order valence-corrected chi connectivity index (χ1v) is 30.3. The van der Waals surface area contributed by atoms with Crippen LogP contribution in [0.3, 0.4) is 0 Å². The van der Waals surface area contributed by atoms with E-state index in [1.165, 1.54) is 0 Å². The summed E-state index contributed by atoms with van der Waals surface area (Å²) < 4.78 is 64.5. The van der Waals surface area contributed by atoms with Crippen LogP contribution in [-0.2, 0) is 52.5 Å². The molecule has 0 saturated heterocycles. The van der Waals surface area contributed by atoms with Crippen LogP contribution in [0.5, 0.6) is 23.0 Å². The van der Waals surface area contributed by atoms with E-state index in [-0.39, 0.29) is 32.3 Å². The summed E-state index contributed by atoms with van der Waals surface area (Å²) in [5.74, 6) is 1.55. The van der Waals surface area contributed by atoms with Gasteiger partial charge >= 0.3 is 15.2 Å². The third kappa shape index (κ3) is 13.6. The van der Waals surface area contributed by atoms with E-state index in [0.29, 0.717) is 34.1 Å². The van der Waals surface area contributed by atoms with Gasteiger partial charge in [0.05, 0.1) is 0 Å². The van der Waals surface area contributed by atoms with Crippen LogP contribution in [0.25, 0.3) is 11.1 Å². The molecule has 410 valence electrons. The molecule has 0 N–H and O–H groups in total. The van der Waals surface area contributed by atoms with E-state index >= 15 is 9.13 Å². The zero-order chi connectivity index (χ0) is 57.2. The lowest BCUT2D eigenvalue weighted by atomic mass is 9.80. The predicted molar refractivity (Wildman–Crippen MR) is 324 cm³/mol. The van der Waals surface area contributed by atoms with Crippen LogP contribution in [0.1, 0.15) is 211 Å². The first-order valence-electron chi connectivity index (χ1n) is 27.2. The normalized spacial score (nSPS) is 13.6. The molecule has 0 aliphatic rings. The second-order valence-electron chi connectivity index (χ2n) is 29.2. The average Bonchev–Trinajstić information content (AvgIpc) is 3.26. The number of hydrogen-bond donors (Lipinski definition) is 0. The third-order valence-electron chi connectivity index (χ3n) is 14.2. The molecule has 0 amide bonds. The predicted octanol–water partition coefficient (Wildman–Crippen LogP) is 19.7. The van der Waals surface area contributed by atoms with Gasteiger partial charge in [-0.15, -0.1) is 0 Å². The molecule has 0 aromatic heterocycles. The van der Waals surface area contributed by atoms with Crippen LogP contribution in [0.15, 0.2) is 121 Å². The van der Waals surface area contributed by atoms with Crippen LogP contribution < -0.4 is 28.7 Å². The van der Waals surface area contributed by atoms with E-state index in [9.17, 15) is 0 Å². The highest BCUT2D eigenvalue weighted by Crippen LogP contribution is 2.58. The highest BCUT2D eigenvalue weighted by molar-refractivity contribution is 7.69. The Labute approximate surface area is 460 Å². The maximum Gasteiger partial charge on any atom is 0.464 e. The lowest BCUT2D eigenvalue weighted by Gasteiger charge is -2.34. The van der Waals surface area contributed by atoms with Gasteiger partial charge in [-0.25, -0.2) is 9.13 Å². The lowest BCUT2D eigenvalue weighted by molar-refractivity contribution is 0.382. The van der Waals surface area contributed by atoms with Crippen LogP contribution in [0.2, 0.25) is 0 Å². The molecule has 6 nitrogen and oxygen atoms in total. The molecule has 0 radical (unpaired) electrons. The van der Waals surface area contributed by atoms with Gasteiger partial charge in [-0.2, -0.15) is 0 Å². The lowest BCUT2D eigenvalue weighted by Crippen LogP contribution is -2.35. The van der Waals surface area contributed by atoms with Crippen molar-refractivity contribution in [2.45, 2.75) is 209 Å². The molecule has 0 bridgehead atoms.